The SMILES string of the molecule is CC(C)(C(=O)CBr)C1CCC1. The third kappa shape index (κ3) is 1.66. The molecule has 1 nitrogen and oxygen atoms in total. The third-order valence-corrected chi connectivity index (χ3v) is 3.48. The molecule has 0 aliphatic heterocycles. The lowest BCUT2D eigenvalue weighted by molar-refractivity contribution is -0.128. The van der Waals surface area contributed by atoms with E-state index in [4.69, 9.17) is 0 Å². The van der Waals surface area contributed by atoms with Crippen LogP contribution in [0.15, 0.2) is 0 Å². The van der Waals surface area contributed by atoms with Gasteiger partial charge in [0.1, 0.15) is 5.78 Å². The molecule has 0 bridgehead atoms. The molecule has 0 aromatic carbocycles. The molecule has 0 heterocycles. The van der Waals surface area contributed by atoms with Crippen LogP contribution in [0.3, 0.4) is 0 Å². The Morgan fingerprint density at radius 2 is 2.09 bits per heavy atom. The van der Waals surface area contributed by atoms with Crippen LogP contribution in [0.5, 0.6) is 0 Å². The number of hydrogen-bond donors (Lipinski definition) is 0. The summed E-state index contributed by atoms with van der Waals surface area (Å²) in [7, 11) is 0. The number of ketones is 1. The van der Waals surface area contributed by atoms with Gasteiger partial charge in [0.2, 0.25) is 0 Å². The fourth-order valence-corrected chi connectivity index (χ4v) is 2.25. The van der Waals surface area contributed by atoms with Gasteiger partial charge in [-0.1, -0.05) is 36.2 Å². The smallest absolute Gasteiger partial charge is 0.149 e. The summed E-state index contributed by atoms with van der Waals surface area (Å²) in [4.78, 5) is 11.4. The van der Waals surface area contributed by atoms with E-state index in [1.807, 2.05) is 0 Å². The van der Waals surface area contributed by atoms with Crippen molar-refractivity contribution in [3.8, 4) is 0 Å². The van der Waals surface area contributed by atoms with E-state index < -0.39 is 0 Å². The van der Waals surface area contributed by atoms with E-state index >= 15 is 0 Å². The van der Waals surface area contributed by atoms with Gasteiger partial charge in [0, 0.05) is 5.41 Å². The Bertz CT molecular complexity index is 159. The number of Topliss-reactive ketones (excluding diaryl/α,β-unsaturated/α-hetero) is 1. The Morgan fingerprint density at radius 3 is 2.36 bits per heavy atom. The van der Waals surface area contributed by atoms with Crippen LogP contribution in [0.1, 0.15) is 33.1 Å². The van der Waals surface area contributed by atoms with Gasteiger partial charge in [0.05, 0.1) is 5.33 Å². The van der Waals surface area contributed by atoms with Gasteiger partial charge in [-0.25, -0.2) is 0 Å². The maximum atomic E-state index is 11.4. The Hall–Kier alpha value is 0.150. The Kier molecular flexibility index (Phi) is 2.74. The second-order valence-electron chi connectivity index (χ2n) is 3.91. The van der Waals surface area contributed by atoms with Crippen LogP contribution in [0, 0.1) is 11.3 Å². The maximum Gasteiger partial charge on any atom is 0.149 e. The number of alkyl halides is 1. The minimum atomic E-state index is -0.0816. The van der Waals surface area contributed by atoms with E-state index in [0.29, 0.717) is 17.0 Å². The average molecular weight is 219 g/mol. The molecule has 0 N–H and O–H groups in total. The van der Waals surface area contributed by atoms with Gasteiger partial charge in [-0.05, 0) is 18.8 Å². The summed E-state index contributed by atoms with van der Waals surface area (Å²) < 4.78 is 0. The van der Waals surface area contributed by atoms with Crippen LogP contribution < -0.4 is 0 Å². The summed E-state index contributed by atoms with van der Waals surface area (Å²) in [6, 6.07) is 0. The van der Waals surface area contributed by atoms with Gasteiger partial charge >= 0.3 is 0 Å². The van der Waals surface area contributed by atoms with E-state index in [9.17, 15) is 4.79 Å². The van der Waals surface area contributed by atoms with Crippen molar-refractivity contribution in [3.05, 3.63) is 0 Å². The second kappa shape index (κ2) is 3.26. The van der Waals surface area contributed by atoms with Crippen LogP contribution in [0.2, 0.25) is 0 Å². The predicted molar refractivity (Wildman–Crippen MR) is 49.9 cm³/mol. The monoisotopic (exact) mass is 218 g/mol. The van der Waals surface area contributed by atoms with Crippen molar-refractivity contribution in [1.82, 2.24) is 0 Å². The second-order valence-corrected chi connectivity index (χ2v) is 4.47. The molecule has 1 rings (SSSR count). The van der Waals surface area contributed by atoms with Gasteiger partial charge < -0.3 is 0 Å². The number of rotatable bonds is 3. The molecular weight excluding hydrogens is 204 g/mol. The fourth-order valence-electron chi connectivity index (χ4n) is 1.53. The van der Waals surface area contributed by atoms with Crippen molar-refractivity contribution < 1.29 is 4.79 Å². The largest absolute Gasteiger partial charge is 0.298 e. The molecule has 1 aliphatic carbocycles. The number of halogens is 1. The number of hydrogen-bond acceptors (Lipinski definition) is 1. The van der Waals surface area contributed by atoms with Crippen molar-refractivity contribution in [2.24, 2.45) is 11.3 Å². The van der Waals surface area contributed by atoms with E-state index in [1.165, 1.54) is 19.3 Å². The highest BCUT2D eigenvalue weighted by Crippen LogP contribution is 2.42. The van der Waals surface area contributed by atoms with E-state index in [2.05, 4.69) is 29.8 Å². The highest BCUT2D eigenvalue weighted by atomic mass is 79.9. The minimum Gasteiger partial charge on any atom is -0.298 e. The molecule has 0 aromatic heterocycles. The lowest BCUT2D eigenvalue weighted by Crippen LogP contribution is -2.37. The van der Waals surface area contributed by atoms with Crippen LogP contribution >= 0.6 is 15.9 Å². The normalized spacial score (nSPS) is 19.5. The first kappa shape index (κ1) is 9.24. The van der Waals surface area contributed by atoms with E-state index in [0.717, 1.165) is 0 Å². The molecule has 0 radical (unpaired) electrons. The molecule has 0 saturated heterocycles. The molecule has 11 heavy (non-hydrogen) atoms. The predicted octanol–water partition coefficient (Wildman–Crippen LogP) is 2.78. The Balaban J connectivity index is 2.56. The standard InChI is InChI=1S/C9H15BrO/c1-9(2,8(11)6-10)7-4-3-5-7/h7H,3-6H2,1-2H3. The molecule has 1 fully saturated rings. The van der Waals surface area contributed by atoms with Gasteiger partial charge in [0.15, 0.2) is 0 Å². The van der Waals surface area contributed by atoms with Crippen molar-refractivity contribution >= 4 is 21.7 Å². The van der Waals surface area contributed by atoms with E-state index in [1.54, 1.807) is 0 Å². The highest BCUT2D eigenvalue weighted by Gasteiger charge is 2.38. The number of carbonyl (C=O) groups is 1. The summed E-state index contributed by atoms with van der Waals surface area (Å²) in [5, 5.41) is 0.510. The zero-order valence-electron chi connectivity index (χ0n) is 7.19. The summed E-state index contributed by atoms with van der Waals surface area (Å²) in [5.74, 6) is 0.995. The molecule has 0 spiro atoms. The first-order chi connectivity index (χ1) is 5.09. The third-order valence-electron chi connectivity index (χ3n) is 2.97. The highest BCUT2D eigenvalue weighted by molar-refractivity contribution is 9.09. The maximum absolute atomic E-state index is 11.4. The summed E-state index contributed by atoms with van der Waals surface area (Å²) in [5.41, 5.74) is -0.0816. The van der Waals surface area contributed by atoms with Crippen molar-refractivity contribution in [2.75, 3.05) is 5.33 Å². The fraction of sp³-hybridized carbons (Fsp3) is 0.889. The van der Waals surface area contributed by atoms with E-state index in [-0.39, 0.29) is 5.41 Å². The number of carbonyl (C=O) groups excluding carboxylic acids is 1. The minimum absolute atomic E-state index is 0.0816. The van der Waals surface area contributed by atoms with Crippen LogP contribution in [0.25, 0.3) is 0 Å². The quantitative estimate of drug-likeness (QED) is 0.667. The summed E-state index contributed by atoms with van der Waals surface area (Å²) in [6.45, 7) is 4.14. The molecule has 0 aromatic rings. The Labute approximate surface area is 76.7 Å². The lowest BCUT2D eigenvalue weighted by Gasteiger charge is -2.38. The van der Waals surface area contributed by atoms with Crippen molar-refractivity contribution in [2.45, 2.75) is 33.1 Å². The zero-order valence-corrected chi connectivity index (χ0v) is 8.78. The summed E-state index contributed by atoms with van der Waals surface area (Å²) >= 11 is 3.22. The molecule has 64 valence electrons. The first-order valence-electron chi connectivity index (χ1n) is 4.18. The van der Waals surface area contributed by atoms with Gasteiger partial charge in [-0.2, -0.15) is 0 Å². The van der Waals surface area contributed by atoms with Crippen molar-refractivity contribution in [1.29, 1.82) is 0 Å². The van der Waals surface area contributed by atoms with Crippen molar-refractivity contribution in [3.63, 3.8) is 0 Å². The molecule has 1 aliphatic rings. The van der Waals surface area contributed by atoms with Crippen LogP contribution in [0.4, 0.5) is 0 Å². The topological polar surface area (TPSA) is 17.1 Å². The van der Waals surface area contributed by atoms with Crippen LogP contribution in [-0.2, 0) is 4.79 Å². The van der Waals surface area contributed by atoms with Crippen LogP contribution in [-0.4, -0.2) is 11.1 Å². The lowest BCUT2D eigenvalue weighted by atomic mass is 9.66. The Morgan fingerprint density at radius 1 is 1.55 bits per heavy atom. The molecule has 0 unspecified atom stereocenters. The molecule has 0 amide bonds. The molecule has 2 heteroatoms. The molecule has 1 saturated carbocycles. The van der Waals surface area contributed by atoms with Gasteiger partial charge in [0.25, 0.3) is 0 Å². The van der Waals surface area contributed by atoms with Gasteiger partial charge in [-0.3, -0.25) is 4.79 Å². The average Bonchev–Trinajstić information content (AvgIpc) is 1.81. The molecule has 0 atom stereocenters. The first-order valence-corrected chi connectivity index (χ1v) is 5.30. The molecular formula is C9H15BrO. The summed E-state index contributed by atoms with van der Waals surface area (Å²) in [6.07, 6.45) is 3.79. The zero-order chi connectivity index (χ0) is 8.48. The van der Waals surface area contributed by atoms with Gasteiger partial charge in [-0.15, -0.1) is 0 Å².